The molecule has 1 fully saturated rings. The van der Waals surface area contributed by atoms with Gasteiger partial charge in [0.1, 0.15) is 5.54 Å². The van der Waals surface area contributed by atoms with Crippen molar-refractivity contribution in [3.63, 3.8) is 0 Å². The van der Waals surface area contributed by atoms with Gasteiger partial charge in [-0.05, 0) is 48.9 Å². The van der Waals surface area contributed by atoms with Crippen LogP contribution in [0.2, 0.25) is 5.02 Å². The molecular formula is C21H21ClN4O4. The Bertz CT molecular complexity index is 1010. The lowest BCUT2D eigenvalue weighted by molar-refractivity contribution is -0.133. The summed E-state index contributed by atoms with van der Waals surface area (Å²) in [5.41, 5.74) is 0.376. The summed E-state index contributed by atoms with van der Waals surface area (Å²) in [4.78, 5) is 38.2. The maximum atomic E-state index is 12.9. The quantitative estimate of drug-likeness (QED) is 0.612. The molecule has 0 aromatic heterocycles. The number of benzene rings is 2. The van der Waals surface area contributed by atoms with Crippen LogP contribution in [0.4, 0.5) is 5.69 Å². The number of carbonyl (C=O) groups is 3. The van der Waals surface area contributed by atoms with E-state index in [2.05, 4.69) is 15.4 Å². The Morgan fingerprint density at radius 1 is 1.23 bits per heavy atom. The van der Waals surface area contributed by atoms with Gasteiger partial charge in [0.15, 0.2) is 5.96 Å². The zero-order chi connectivity index (χ0) is 21.9. The molecule has 0 radical (unpaired) electrons. The molecule has 30 heavy (non-hydrogen) atoms. The summed E-state index contributed by atoms with van der Waals surface area (Å²) in [6, 6.07) is 13.2. The average molecular weight is 429 g/mol. The minimum Gasteiger partial charge on any atom is -0.465 e. The van der Waals surface area contributed by atoms with Crippen LogP contribution in [0.5, 0.6) is 0 Å². The fourth-order valence-electron chi connectivity index (χ4n) is 3.20. The number of methoxy groups -OCH3 is 1. The van der Waals surface area contributed by atoms with Crippen LogP contribution >= 0.6 is 11.6 Å². The normalized spacial score (nSPS) is 18.2. The largest absolute Gasteiger partial charge is 0.465 e. The monoisotopic (exact) mass is 428 g/mol. The molecule has 2 amide bonds. The number of esters is 1. The van der Waals surface area contributed by atoms with Gasteiger partial charge in [0, 0.05) is 10.7 Å². The predicted octanol–water partition coefficient (Wildman–Crippen LogP) is 2.78. The summed E-state index contributed by atoms with van der Waals surface area (Å²) in [6.07, 6.45) is -0.168. The van der Waals surface area contributed by atoms with E-state index in [0.29, 0.717) is 16.3 Å². The van der Waals surface area contributed by atoms with Crippen molar-refractivity contribution >= 4 is 41.0 Å². The molecule has 1 atom stereocenters. The van der Waals surface area contributed by atoms with E-state index >= 15 is 0 Å². The average Bonchev–Trinajstić information content (AvgIpc) is 2.90. The summed E-state index contributed by atoms with van der Waals surface area (Å²) in [7, 11) is 1.29. The van der Waals surface area contributed by atoms with Gasteiger partial charge in [-0.15, -0.1) is 0 Å². The van der Waals surface area contributed by atoms with Crippen LogP contribution in [0, 0.1) is 5.41 Å². The molecule has 3 rings (SSSR count). The van der Waals surface area contributed by atoms with Crippen LogP contribution in [0.25, 0.3) is 0 Å². The number of hydrogen-bond donors (Lipinski definition) is 3. The summed E-state index contributed by atoms with van der Waals surface area (Å²) >= 11 is 5.99. The highest BCUT2D eigenvalue weighted by Gasteiger charge is 2.47. The SMILES string of the molecule is COC(=O)c1ccc(NC(=O)CC2(C)NC(=N)N(Cc3cccc(Cl)c3)C2=O)cc1. The van der Waals surface area contributed by atoms with E-state index in [9.17, 15) is 14.4 Å². The minimum atomic E-state index is -1.24. The zero-order valence-electron chi connectivity index (χ0n) is 16.5. The maximum Gasteiger partial charge on any atom is 0.337 e. The molecule has 1 unspecified atom stereocenters. The number of halogens is 1. The van der Waals surface area contributed by atoms with Crippen molar-refractivity contribution in [3.8, 4) is 0 Å². The smallest absolute Gasteiger partial charge is 0.337 e. The number of anilines is 1. The first-order valence-corrected chi connectivity index (χ1v) is 9.51. The van der Waals surface area contributed by atoms with Crippen LogP contribution in [0.15, 0.2) is 48.5 Å². The van der Waals surface area contributed by atoms with E-state index in [4.69, 9.17) is 17.0 Å². The lowest BCUT2D eigenvalue weighted by Gasteiger charge is -2.21. The van der Waals surface area contributed by atoms with E-state index in [-0.39, 0.29) is 24.8 Å². The molecule has 1 aliphatic heterocycles. The Hall–Kier alpha value is -3.39. The summed E-state index contributed by atoms with van der Waals surface area (Å²) in [6.45, 7) is 1.76. The molecule has 0 bridgehead atoms. The number of ether oxygens (including phenoxy) is 1. The van der Waals surface area contributed by atoms with Crippen LogP contribution in [-0.4, -0.2) is 41.3 Å². The highest BCUT2D eigenvalue weighted by Crippen LogP contribution is 2.24. The Morgan fingerprint density at radius 3 is 2.57 bits per heavy atom. The van der Waals surface area contributed by atoms with Gasteiger partial charge in [0.25, 0.3) is 5.91 Å². The van der Waals surface area contributed by atoms with Gasteiger partial charge in [-0.2, -0.15) is 0 Å². The van der Waals surface area contributed by atoms with Crippen molar-refractivity contribution in [2.75, 3.05) is 12.4 Å². The summed E-state index contributed by atoms with van der Waals surface area (Å²) < 4.78 is 4.64. The molecule has 0 saturated carbocycles. The molecule has 1 aliphatic rings. The second-order valence-electron chi connectivity index (χ2n) is 7.12. The molecule has 0 spiro atoms. The molecule has 156 valence electrons. The number of nitrogens with zero attached hydrogens (tertiary/aromatic N) is 1. The fraction of sp³-hybridized carbons (Fsp3) is 0.238. The van der Waals surface area contributed by atoms with Crippen molar-refractivity contribution < 1.29 is 19.1 Å². The molecular weight excluding hydrogens is 408 g/mol. The molecule has 2 aromatic rings. The third-order valence-corrected chi connectivity index (χ3v) is 4.95. The number of nitrogens with one attached hydrogen (secondary N) is 3. The van der Waals surface area contributed by atoms with E-state index in [0.717, 1.165) is 5.56 Å². The van der Waals surface area contributed by atoms with Gasteiger partial charge in [0.2, 0.25) is 5.91 Å². The lowest BCUT2D eigenvalue weighted by atomic mass is 9.97. The molecule has 9 heteroatoms. The van der Waals surface area contributed by atoms with Crippen LogP contribution in [0.3, 0.4) is 0 Å². The predicted molar refractivity (Wildman–Crippen MR) is 112 cm³/mol. The summed E-state index contributed by atoms with van der Waals surface area (Å²) in [5.74, 6) is -1.32. The third kappa shape index (κ3) is 4.60. The third-order valence-electron chi connectivity index (χ3n) is 4.71. The van der Waals surface area contributed by atoms with Gasteiger partial charge >= 0.3 is 5.97 Å². The van der Waals surface area contributed by atoms with Gasteiger partial charge in [-0.25, -0.2) is 4.79 Å². The first kappa shape index (κ1) is 21.3. The highest BCUT2D eigenvalue weighted by molar-refractivity contribution is 6.30. The minimum absolute atomic E-state index is 0.0716. The van der Waals surface area contributed by atoms with Crippen molar-refractivity contribution in [2.24, 2.45) is 0 Å². The Morgan fingerprint density at radius 2 is 1.93 bits per heavy atom. The number of amides is 2. The van der Waals surface area contributed by atoms with Crippen molar-refractivity contribution in [3.05, 3.63) is 64.7 Å². The van der Waals surface area contributed by atoms with E-state index in [1.807, 2.05) is 6.07 Å². The van der Waals surface area contributed by atoms with E-state index in [1.54, 1.807) is 37.3 Å². The fourth-order valence-corrected chi connectivity index (χ4v) is 3.42. The van der Waals surface area contributed by atoms with Gasteiger partial charge < -0.3 is 15.4 Å². The van der Waals surface area contributed by atoms with Crippen molar-refractivity contribution in [1.29, 1.82) is 5.41 Å². The Kier molecular flexibility index (Phi) is 6.07. The molecule has 0 aliphatic carbocycles. The Labute approximate surface area is 178 Å². The first-order valence-electron chi connectivity index (χ1n) is 9.13. The van der Waals surface area contributed by atoms with E-state index in [1.165, 1.54) is 24.1 Å². The molecule has 2 aromatic carbocycles. The Balaban J connectivity index is 1.65. The molecule has 8 nitrogen and oxygen atoms in total. The van der Waals surface area contributed by atoms with Gasteiger partial charge in [-0.1, -0.05) is 23.7 Å². The van der Waals surface area contributed by atoms with Crippen LogP contribution in [-0.2, 0) is 20.9 Å². The lowest BCUT2D eigenvalue weighted by Crippen LogP contribution is -2.46. The topological polar surface area (TPSA) is 112 Å². The van der Waals surface area contributed by atoms with Crippen LogP contribution < -0.4 is 10.6 Å². The standard InChI is InChI=1S/C21H21ClN4O4/c1-21(11-17(27)24-16-8-6-14(7-9-16)18(28)30-2)19(29)26(20(23)25-21)12-13-4-3-5-15(22)10-13/h3-10H,11-12H2,1-2H3,(H2,23,25)(H,24,27). The second-order valence-corrected chi connectivity index (χ2v) is 7.56. The molecule has 1 heterocycles. The zero-order valence-corrected chi connectivity index (χ0v) is 17.2. The van der Waals surface area contributed by atoms with Gasteiger partial charge in [0.05, 0.1) is 25.6 Å². The van der Waals surface area contributed by atoms with Gasteiger partial charge in [-0.3, -0.25) is 19.9 Å². The van der Waals surface area contributed by atoms with Crippen LogP contribution in [0.1, 0.15) is 29.3 Å². The van der Waals surface area contributed by atoms with Crippen molar-refractivity contribution in [2.45, 2.75) is 25.4 Å². The molecule has 3 N–H and O–H groups in total. The number of guanidine groups is 1. The number of rotatable bonds is 6. The highest BCUT2D eigenvalue weighted by atomic mass is 35.5. The maximum absolute atomic E-state index is 12.9. The first-order chi connectivity index (χ1) is 14.2. The molecule has 1 saturated heterocycles. The van der Waals surface area contributed by atoms with Crippen molar-refractivity contribution in [1.82, 2.24) is 10.2 Å². The number of hydrogen-bond acceptors (Lipinski definition) is 5. The second kappa shape index (κ2) is 8.54. The van der Waals surface area contributed by atoms with E-state index < -0.39 is 17.4 Å². The number of carbonyl (C=O) groups excluding carboxylic acids is 3. The summed E-state index contributed by atoms with van der Waals surface area (Å²) in [5, 5.41) is 14.2.